The molecule has 1 fully saturated rings. The summed E-state index contributed by atoms with van der Waals surface area (Å²) in [6, 6.07) is 3.66. The van der Waals surface area contributed by atoms with Crippen LogP contribution >= 0.6 is 0 Å². The Morgan fingerprint density at radius 3 is 2.45 bits per heavy atom. The summed E-state index contributed by atoms with van der Waals surface area (Å²) in [6.45, 7) is 2.94. The molecule has 0 amide bonds. The Morgan fingerprint density at radius 2 is 2.00 bits per heavy atom. The minimum absolute atomic E-state index is 0.195. The monoisotopic (exact) mass is 308 g/mol. The van der Waals surface area contributed by atoms with Crippen molar-refractivity contribution in [2.45, 2.75) is 24.0 Å². The Bertz CT molecular complexity index is 583. The second kappa shape index (κ2) is 5.34. The number of rotatable bonds is 4. The summed E-state index contributed by atoms with van der Waals surface area (Å²) < 4.78 is 64.0. The van der Waals surface area contributed by atoms with Crippen molar-refractivity contribution in [1.82, 2.24) is 9.62 Å². The third-order valence-electron chi connectivity index (χ3n) is 3.25. The van der Waals surface area contributed by atoms with E-state index in [4.69, 9.17) is 0 Å². The van der Waals surface area contributed by atoms with Crippen molar-refractivity contribution < 1.29 is 21.6 Å². The maximum absolute atomic E-state index is 12.7. The smallest absolute Gasteiger partial charge is 0.313 e. The second-order valence-corrected chi connectivity index (χ2v) is 6.44. The summed E-state index contributed by atoms with van der Waals surface area (Å²) in [7, 11) is -3.90. The molecular formula is C12H15F3N2O2S. The Morgan fingerprint density at radius 1 is 1.35 bits per heavy atom. The Kier molecular flexibility index (Phi) is 4.08. The van der Waals surface area contributed by atoms with Gasteiger partial charge in [0.05, 0.1) is 10.5 Å². The zero-order valence-corrected chi connectivity index (χ0v) is 11.6. The van der Waals surface area contributed by atoms with Crippen LogP contribution in [0.3, 0.4) is 0 Å². The summed E-state index contributed by atoms with van der Waals surface area (Å²) in [5.41, 5.74) is -0.957. The van der Waals surface area contributed by atoms with Gasteiger partial charge in [0.1, 0.15) is 0 Å². The van der Waals surface area contributed by atoms with E-state index < -0.39 is 21.8 Å². The lowest BCUT2D eigenvalue weighted by atomic mass is 10.2. The highest BCUT2D eigenvalue weighted by Crippen LogP contribution is 2.31. The SMILES string of the molecule is CCN(C1CNC1)S(=O)(=O)c1cccc(C(F)(F)F)c1. The minimum Gasteiger partial charge on any atom is -0.313 e. The molecule has 8 heteroatoms. The maximum atomic E-state index is 12.7. The number of likely N-dealkylation sites (N-methyl/N-ethyl adjacent to an activating group) is 1. The predicted octanol–water partition coefficient (Wildman–Crippen LogP) is 1.69. The standard InChI is InChI=1S/C12H15F3N2O2S/c1-2-17(10-7-16-8-10)20(18,19)11-5-3-4-9(6-11)12(13,14)15/h3-6,10,16H,2,7-8H2,1H3. The molecule has 0 bridgehead atoms. The Balaban J connectivity index is 2.38. The molecule has 0 spiro atoms. The first kappa shape index (κ1) is 15.3. The van der Waals surface area contributed by atoms with Gasteiger partial charge in [0, 0.05) is 25.7 Å². The second-order valence-electron chi connectivity index (χ2n) is 4.55. The van der Waals surface area contributed by atoms with Crippen LogP contribution in [-0.4, -0.2) is 38.4 Å². The van der Waals surface area contributed by atoms with Gasteiger partial charge < -0.3 is 5.32 Å². The first-order valence-corrected chi connectivity index (χ1v) is 7.60. The molecule has 4 nitrogen and oxygen atoms in total. The molecule has 20 heavy (non-hydrogen) atoms. The van der Waals surface area contributed by atoms with Crippen molar-refractivity contribution in [3.8, 4) is 0 Å². The van der Waals surface area contributed by atoms with Crippen LogP contribution in [0.4, 0.5) is 13.2 Å². The van der Waals surface area contributed by atoms with Crippen molar-refractivity contribution in [3.05, 3.63) is 29.8 Å². The van der Waals surface area contributed by atoms with E-state index in [1.165, 1.54) is 10.4 Å². The fourth-order valence-corrected chi connectivity index (χ4v) is 3.75. The zero-order valence-electron chi connectivity index (χ0n) is 10.8. The van der Waals surface area contributed by atoms with Crippen LogP contribution in [0.5, 0.6) is 0 Å². The molecule has 0 atom stereocenters. The molecule has 1 aliphatic heterocycles. The number of hydrogen-bond acceptors (Lipinski definition) is 3. The lowest BCUT2D eigenvalue weighted by Gasteiger charge is -2.36. The maximum Gasteiger partial charge on any atom is 0.416 e. The summed E-state index contributed by atoms with van der Waals surface area (Å²) in [5, 5.41) is 2.95. The Hall–Kier alpha value is -1.12. The molecule has 1 heterocycles. The van der Waals surface area contributed by atoms with Crippen LogP contribution in [0, 0.1) is 0 Å². The molecule has 112 valence electrons. The van der Waals surface area contributed by atoms with E-state index in [0.29, 0.717) is 19.2 Å². The number of halogens is 3. The first-order chi connectivity index (χ1) is 9.26. The van der Waals surface area contributed by atoms with Crippen LogP contribution < -0.4 is 5.32 Å². The lowest BCUT2D eigenvalue weighted by molar-refractivity contribution is -0.137. The van der Waals surface area contributed by atoms with E-state index in [-0.39, 0.29) is 17.5 Å². The summed E-state index contributed by atoms with van der Waals surface area (Å²) in [4.78, 5) is -0.318. The normalized spacial score (nSPS) is 17.2. The predicted molar refractivity (Wildman–Crippen MR) is 67.7 cm³/mol. The van der Waals surface area contributed by atoms with Gasteiger partial charge in [-0.1, -0.05) is 13.0 Å². The van der Waals surface area contributed by atoms with Gasteiger partial charge in [0.25, 0.3) is 0 Å². The van der Waals surface area contributed by atoms with Gasteiger partial charge in [-0.15, -0.1) is 0 Å². The Labute approximate surface area is 115 Å². The average molecular weight is 308 g/mol. The van der Waals surface area contributed by atoms with E-state index in [1.807, 2.05) is 0 Å². The van der Waals surface area contributed by atoms with Crippen LogP contribution in [-0.2, 0) is 16.2 Å². The third kappa shape index (κ3) is 2.82. The molecule has 1 aromatic rings. The van der Waals surface area contributed by atoms with E-state index >= 15 is 0 Å². The fraction of sp³-hybridized carbons (Fsp3) is 0.500. The van der Waals surface area contributed by atoms with Crippen molar-refractivity contribution in [2.24, 2.45) is 0 Å². The number of sulfonamides is 1. The number of nitrogens with one attached hydrogen (secondary N) is 1. The molecule has 0 unspecified atom stereocenters. The summed E-state index contributed by atoms with van der Waals surface area (Å²) in [6.07, 6.45) is -4.55. The van der Waals surface area contributed by atoms with Gasteiger partial charge in [0.2, 0.25) is 10.0 Å². The molecular weight excluding hydrogens is 293 g/mol. The van der Waals surface area contributed by atoms with Gasteiger partial charge in [-0.2, -0.15) is 17.5 Å². The number of nitrogens with zero attached hydrogens (tertiary/aromatic N) is 1. The summed E-state index contributed by atoms with van der Waals surface area (Å²) in [5.74, 6) is 0. The fourth-order valence-electron chi connectivity index (χ4n) is 2.07. The van der Waals surface area contributed by atoms with Crippen molar-refractivity contribution in [2.75, 3.05) is 19.6 Å². The highest BCUT2D eigenvalue weighted by molar-refractivity contribution is 7.89. The molecule has 1 aromatic carbocycles. The highest BCUT2D eigenvalue weighted by Gasteiger charge is 2.36. The van der Waals surface area contributed by atoms with Gasteiger partial charge in [0.15, 0.2) is 0 Å². The molecule has 1 N–H and O–H groups in total. The number of alkyl halides is 3. The largest absolute Gasteiger partial charge is 0.416 e. The van der Waals surface area contributed by atoms with E-state index in [0.717, 1.165) is 12.1 Å². The lowest BCUT2D eigenvalue weighted by Crippen LogP contribution is -2.58. The van der Waals surface area contributed by atoms with Crippen LogP contribution in [0.25, 0.3) is 0 Å². The highest BCUT2D eigenvalue weighted by atomic mass is 32.2. The van der Waals surface area contributed by atoms with Crippen molar-refractivity contribution in [3.63, 3.8) is 0 Å². The van der Waals surface area contributed by atoms with Gasteiger partial charge >= 0.3 is 6.18 Å². The molecule has 1 aliphatic rings. The molecule has 2 rings (SSSR count). The zero-order chi connectivity index (χ0) is 15.0. The van der Waals surface area contributed by atoms with Crippen LogP contribution in [0.1, 0.15) is 12.5 Å². The minimum atomic E-state index is -4.55. The van der Waals surface area contributed by atoms with Gasteiger partial charge in [-0.25, -0.2) is 8.42 Å². The van der Waals surface area contributed by atoms with E-state index in [1.54, 1.807) is 6.92 Å². The third-order valence-corrected chi connectivity index (χ3v) is 5.27. The van der Waals surface area contributed by atoms with Crippen molar-refractivity contribution in [1.29, 1.82) is 0 Å². The number of hydrogen-bond donors (Lipinski definition) is 1. The number of benzene rings is 1. The summed E-state index contributed by atoms with van der Waals surface area (Å²) >= 11 is 0. The van der Waals surface area contributed by atoms with Gasteiger partial charge in [-0.05, 0) is 18.2 Å². The van der Waals surface area contributed by atoms with Crippen LogP contribution in [0.2, 0.25) is 0 Å². The van der Waals surface area contributed by atoms with Crippen molar-refractivity contribution >= 4 is 10.0 Å². The van der Waals surface area contributed by atoms with Crippen LogP contribution in [0.15, 0.2) is 29.2 Å². The topological polar surface area (TPSA) is 49.4 Å². The van der Waals surface area contributed by atoms with E-state index in [2.05, 4.69) is 5.32 Å². The molecule has 0 aliphatic carbocycles. The first-order valence-electron chi connectivity index (χ1n) is 6.16. The van der Waals surface area contributed by atoms with E-state index in [9.17, 15) is 21.6 Å². The quantitative estimate of drug-likeness (QED) is 0.921. The average Bonchev–Trinajstić information content (AvgIpc) is 2.32. The molecule has 1 saturated heterocycles. The molecule has 0 radical (unpaired) electrons. The molecule has 0 aromatic heterocycles. The molecule has 0 saturated carbocycles. The van der Waals surface area contributed by atoms with Gasteiger partial charge in [-0.3, -0.25) is 0 Å².